The van der Waals surface area contributed by atoms with Crippen molar-refractivity contribution in [1.82, 2.24) is 14.6 Å². The van der Waals surface area contributed by atoms with Gasteiger partial charge in [-0.25, -0.2) is 8.42 Å². The average molecular weight is 477 g/mol. The number of fused-ring (bicyclic) bond motifs is 1. The minimum absolute atomic E-state index is 0.134. The molecule has 0 bridgehead atoms. The highest BCUT2D eigenvalue weighted by atomic mass is 32.2. The van der Waals surface area contributed by atoms with Gasteiger partial charge < -0.3 is 10.2 Å². The molecule has 0 spiro atoms. The first kappa shape index (κ1) is 24.2. The molecule has 0 fully saturated rings. The van der Waals surface area contributed by atoms with E-state index in [2.05, 4.69) is 10.3 Å². The fourth-order valence-electron chi connectivity index (χ4n) is 3.42. The maximum absolute atomic E-state index is 13.2. The van der Waals surface area contributed by atoms with Crippen LogP contribution < -0.4 is 10.2 Å². The van der Waals surface area contributed by atoms with E-state index in [1.54, 1.807) is 30.6 Å². The summed E-state index contributed by atoms with van der Waals surface area (Å²) in [6.07, 6.45) is 4.73. The molecule has 0 unspecified atom stereocenters. The van der Waals surface area contributed by atoms with Crippen LogP contribution in [0.3, 0.4) is 0 Å². The summed E-state index contributed by atoms with van der Waals surface area (Å²) in [4.78, 5) is 31.5. The van der Waals surface area contributed by atoms with E-state index < -0.39 is 10.0 Å². The Balaban J connectivity index is 1.82. The lowest BCUT2D eigenvalue weighted by Gasteiger charge is -2.29. The van der Waals surface area contributed by atoms with Gasteiger partial charge in [0.15, 0.2) is 0 Å². The lowest BCUT2D eigenvalue weighted by atomic mass is 10.2. The van der Waals surface area contributed by atoms with Gasteiger partial charge in [0.25, 0.3) is 0 Å². The van der Waals surface area contributed by atoms with Crippen LogP contribution in [-0.2, 0) is 26.2 Å². The van der Waals surface area contributed by atoms with E-state index in [-0.39, 0.29) is 29.0 Å². The van der Waals surface area contributed by atoms with Crippen LogP contribution in [0.25, 0.3) is 0 Å². The zero-order valence-corrected chi connectivity index (χ0v) is 19.9. The molecule has 172 valence electrons. The maximum atomic E-state index is 13.2. The predicted molar refractivity (Wildman–Crippen MR) is 125 cm³/mol. The largest absolute Gasteiger partial charge is 0.350 e. The van der Waals surface area contributed by atoms with E-state index in [0.717, 1.165) is 10.5 Å². The molecular formula is C22H28N4O4S2. The zero-order chi connectivity index (χ0) is 23.1. The lowest BCUT2D eigenvalue weighted by Crippen LogP contribution is -2.43. The Morgan fingerprint density at radius 1 is 1.22 bits per heavy atom. The van der Waals surface area contributed by atoms with Gasteiger partial charge in [0, 0.05) is 36.9 Å². The first-order chi connectivity index (χ1) is 15.4. The van der Waals surface area contributed by atoms with Crippen molar-refractivity contribution in [1.29, 1.82) is 0 Å². The van der Waals surface area contributed by atoms with Crippen molar-refractivity contribution in [3.05, 3.63) is 48.3 Å². The summed E-state index contributed by atoms with van der Waals surface area (Å²) >= 11 is 1.35. The molecule has 1 aromatic carbocycles. The third-order valence-corrected chi connectivity index (χ3v) is 7.91. The van der Waals surface area contributed by atoms with Gasteiger partial charge in [-0.15, -0.1) is 11.8 Å². The minimum Gasteiger partial charge on any atom is -0.350 e. The molecule has 0 aliphatic carbocycles. The minimum atomic E-state index is -3.70. The van der Waals surface area contributed by atoms with Gasteiger partial charge in [0.1, 0.15) is 6.54 Å². The number of hydrogen-bond acceptors (Lipinski definition) is 6. The molecule has 10 heteroatoms. The summed E-state index contributed by atoms with van der Waals surface area (Å²) in [5, 5.41) is 2.79. The highest BCUT2D eigenvalue weighted by Crippen LogP contribution is 2.37. The highest BCUT2D eigenvalue weighted by Gasteiger charge is 2.30. The van der Waals surface area contributed by atoms with Crippen LogP contribution in [0.5, 0.6) is 0 Å². The molecule has 2 amide bonds. The molecule has 0 saturated heterocycles. The second-order valence-corrected chi connectivity index (χ2v) is 10.4. The first-order valence-corrected chi connectivity index (χ1v) is 13.0. The van der Waals surface area contributed by atoms with Crippen LogP contribution in [0.15, 0.2) is 52.5 Å². The van der Waals surface area contributed by atoms with Crippen molar-refractivity contribution >= 4 is 39.3 Å². The molecule has 1 N–H and O–H groups in total. The average Bonchev–Trinajstić information content (AvgIpc) is 2.79. The van der Waals surface area contributed by atoms with Crippen LogP contribution in [0.4, 0.5) is 5.69 Å². The summed E-state index contributed by atoms with van der Waals surface area (Å²) in [6, 6.07) is 8.44. The van der Waals surface area contributed by atoms with Crippen molar-refractivity contribution in [2.75, 3.05) is 30.3 Å². The number of benzene rings is 1. The fourth-order valence-corrected chi connectivity index (χ4v) is 5.98. The van der Waals surface area contributed by atoms with Crippen LogP contribution in [0.1, 0.15) is 32.3 Å². The van der Waals surface area contributed by atoms with Gasteiger partial charge in [-0.1, -0.05) is 19.9 Å². The van der Waals surface area contributed by atoms with Crippen molar-refractivity contribution in [3.8, 4) is 0 Å². The van der Waals surface area contributed by atoms with Gasteiger partial charge in [-0.3, -0.25) is 14.6 Å². The van der Waals surface area contributed by atoms with E-state index in [9.17, 15) is 18.0 Å². The Morgan fingerprint density at radius 3 is 2.62 bits per heavy atom. The number of thioether (sulfide) groups is 1. The number of anilines is 1. The lowest BCUT2D eigenvalue weighted by molar-refractivity contribution is -0.123. The molecule has 0 radical (unpaired) electrons. The third kappa shape index (κ3) is 5.67. The molecule has 8 nitrogen and oxygen atoms in total. The van der Waals surface area contributed by atoms with Crippen molar-refractivity contribution in [3.63, 3.8) is 0 Å². The normalized spacial score (nSPS) is 13.8. The molecule has 32 heavy (non-hydrogen) atoms. The number of aromatic nitrogens is 1. The summed E-state index contributed by atoms with van der Waals surface area (Å²) in [5.74, 6) is -0.355. The fraction of sp³-hybridized carbons (Fsp3) is 0.409. The molecule has 1 aromatic heterocycles. The number of amides is 2. The molecule has 2 aromatic rings. The second kappa shape index (κ2) is 10.9. The van der Waals surface area contributed by atoms with Gasteiger partial charge >= 0.3 is 0 Å². The number of nitrogens with zero attached hydrogens (tertiary/aromatic N) is 3. The highest BCUT2D eigenvalue weighted by molar-refractivity contribution is 8.00. The molecule has 1 aliphatic heterocycles. The summed E-state index contributed by atoms with van der Waals surface area (Å²) in [6.45, 7) is 4.86. The Hall–Kier alpha value is -2.43. The topological polar surface area (TPSA) is 99.7 Å². The molecule has 2 heterocycles. The van der Waals surface area contributed by atoms with Gasteiger partial charge in [-0.05, 0) is 42.7 Å². The van der Waals surface area contributed by atoms with Gasteiger partial charge in [-0.2, -0.15) is 4.31 Å². The first-order valence-electron chi connectivity index (χ1n) is 10.6. The number of nitrogens with one attached hydrogen (secondary N) is 1. The summed E-state index contributed by atoms with van der Waals surface area (Å²) < 4.78 is 27.9. The Morgan fingerprint density at radius 2 is 1.97 bits per heavy atom. The van der Waals surface area contributed by atoms with Crippen LogP contribution in [0, 0.1) is 0 Å². The van der Waals surface area contributed by atoms with Crippen LogP contribution in [-0.4, -0.2) is 54.9 Å². The predicted octanol–water partition coefficient (Wildman–Crippen LogP) is 2.65. The molecule has 3 rings (SSSR count). The molecular weight excluding hydrogens is 448 g/mol. The van der Waals surface area contributed by atoms with E-state index in [4.69, 9.17) is 0 Å². The molecule has 1 aliphatic rings. The quantitative estimate of drug-likeness (QED) is 0.566. The van der Waals surface area contributed by atoms with Crippen molar-refractivity contribution in [2.45, 2.75) is 43.0 Å². The number of pyridine rings is 1. The Labute approximate surface area is 193 Å². The van der Waals surface area contributed by atoms with E-state index in [0.29, 0.717) is 38.2 Å². The number of carbonyl (C=O) groups excluding carboxylic acids is 2. The van der Waals surface area contributed by atoms with Crippen molar-refractivity contribution in [2.24, 2.45) is 0 Å². The van der Waals surface area contributed by atoms with Crippen LogP contribution >= 0.6 is 11.8 Å². The van der Waals surface area contributed by atoms with Crippen LogP contribution in [0.2, 0.25) is 0 Å². The smallest absolute Gasteiger partial charge is 0.243 e. The number of sulfonamides is 1. The SMILES string of the molecule is CCCN(CCC)S(=O)(=O)c1ccc2c(c1)N(CC(=O)NCc1cccnc1)C(=O)CS2. The number of carbonyl (C=O) groups is 2. The number of rotatable bonds is 10. The van der Waals surface area contributed by atoms with Gasteiger partial charge in [0.05, 0.1) is 16.3 Å². The molecule has 0 saturated carbocycles. The van der Waals surface area contributed by atoms with E-state index in [1.807, 2.05) is 19.9 Å². The van der Waals surface area contributed by atoms with Crippen molar-refractivity contribution < 1.29 is 18.0 Å². The monoisotopic (exact) mass is 476 g/mol. The van der Waals surface area contributed by atoms with E-state index >= 15 is 0 Å². The Bertz CT molecular complexity index is 1050. The standard InChI is InChI=1S/C22H28N4O4S2/c1-3-10-25(11-4-2)32(29,30)18-7-8-20-19(12-18)26(22(28)16-31-20)15-21(27)24-14-17-6-5-9-23-13-17/h5-9,12-13H,3-4,10-11,14-16H2,1-2H3,(H,24,27). The summed E-state index contributed by atoms with van der Waals surface area (Å²) in [7, 11) is -3.70. The maximum Gasteiger partial charge on any atom is 0.243 e. The van der Waals surface area contributed by atoms with E-state index in [1.165, 1.54) is 27.0 Å². The second-order valence-electron chi connectivity index (χ2n) is 7.44. The number of hydrogen-bond donors (Lipinski definition) is 1. The molecule has 0 atom stereocenters. The third-order valence-electron chi connectivity index (χ3n) is 4.97. The summed E-state index contributed by atoms with van der Waals surface area (Å²) in [5.41, 5.74) is 1.30. The Kier molecular flexibility index (Phi) is 8.27. The van der Waals surface area contributed by atoms with Gasteiger partial charge in [0.2, 0.25) is 21.8 Å². The zero-order valence-electron chi connectivity index (χ0n) is 18.3.